The second kappa shape index (κ2) is 12.2. The van der Waals surface area contributed by atoms with Gasteiger partial charge in [0.15, 0.2) is 0 Å². The molecule has 0 unspecified atom stereocenters. The number of aliphatic carboxylic acids is 1. The lowest BCUT2D eigenvalue weighted by atomic mass is 9.73. The molecule has 2 aliphatic rings. The lowest BCUT2D eigenvalue weighted by molar-refractivity contribution is -0.141. The Balaban J connectivity index is 1.47. The number of aromatic nitrogens is 1. The van der Waals surface area contributed by atoms with Gasteiger partial charge in [-0.25, -0.2) is 0 Å². The smallest absolute Gasteiger partial charge is 0.303 e. The minimum Gasteiger partial charge on any atom is -0.492 e. The number of hydrogen-bond acceptors (Lipinski definition) is 5. The number of hydrogen-bond donors (Lipinski definition) is 1. The van der Waals surface area contributed by atoms with Gasteiger partial charge in [-0.3, -0.25) is 19.5 Å². The summed E-state index contributed by atoms with van der Waals surface area (Å²) >= 11 is 0. The first-order valence-corrected chi connectivity index (χ1v) is 12.9. The van der Waals surface area contributed by atoms with Crippen LogP contribution in [0.4, 0.5) is 0 Å². The highest BCUT2D eigenvalue weighted by molar-refractivity contribution is 5.80. The Morgan fingerprint density at radius 1 is 0.971 bits per heavy atom. The van der Waals surface area contributed by atoms with Crippen LogP contribution >= 0.6 is 0 Å². The molecule has 1 aromatic carbocycles. The zero-order valence-corrected chi connectivity index (χ0v) is 20.5. The molecule has 1 spiro atoms. The molecule has 1 N–H and O–H groups in total. The maximum absolute atomic E-state index is 12.5. The van der Waals surface area contributed by atoms with Crippen LogP contribution in [-0.4, -0.2) is 64.6 Å². The van der Waals surface area contributed by atoms with Gasteiger partial charge in [0.25, 0.3) is 0 Å². The third-order valence-electron chi connectivity index (χ3n) is 7.44. The number of carbonyl (C=O) groups is 2. The predicted octanol–water partition coefficient (Wildman–Crippen LogP) is 4.16. The SMILES string of the molecule is O=C(O)CCC(=O)N1CCC2(CCCCc3ccccc3OCCN(Cc3ccccn3)C2)CC1. The first-order chi connectivity index (χ1) is 17.0. The monoisotopic (exact) mass is 479 g/mol. The van der Waals surface area contributed by atoms with Crippen molar-refractivity contribution in [2.45, 2.75) is 57.9 Å². The van der Waals surface area contributed by atoms with E-state index >= 15 is 0 Å². The molecule has 7 heteroatoms. The van der Waals surface area contributed by atoms with Crippen molar-refractivity contribution in [3.05, 3.63) is 59.9 Å². The Kier molecular flexibility index (Phi) is 8.74. The van der Waals surface area contributed by atoms with Gasteiger partial charge < -0.3 is 14.7 Å². The fourth-order valence-corrected chi connectivity index (χ4v) is 5.45. The summed E-state index contributed by atoms with van der Waals surface area (Å²) in [5, 5.41) is 8.93. The van der Waals surface area contributed by atoms with Gasteiger partial charge in [0.2, 0.25) is 5.91 Å². The van der Waals surface area contributed by atoms with E-state index in [0.29, 0.717) is 19.7 Å². The van der Waals surface area contributed by atoms with E-state index in [4.69, 9.17) is 9.84 Å². The molecule has 0 bridgehead atoms. The van der Waals surface area contributed by atoms with E-state index in [1.807, 2.05) is 29.3 Å². The largest absolute Gasteiger partial charge is 0.492 e. The normalized spacial score (nSPS) is 19.1. The van der Waals surface area contributed by atoms with Gasteiger partial charge in [-0.2, -0.15) is 0 Å². The van der Waals surface area contributed by atoms with Crippen molar-refractivity contribution in [3.8, 4) is 5.75 Å². The summed E-state index contributed by atoms with van der Waals surface area (Å²) in [5.41, 5.74) is 2.46. The molecule has 35 heavy (non-hydrogen) atoms. The van der Waals surface area contributed by atoms with Crippen LogP contribution in [0.3, 0.4) is 0 Å². The molecule has 2 aliphatic heterocycles. The van der Waals surface area contributed by atoms with Crippen LogP contribution in [0.25, 0.3) is 0 Å². The van der Waals surface area contributed by atoms with Crippen molar-refractivity contribution in [2.75, 3.05) is 32.8 Å². The molecule has 0 aliphatic carbocycles. The molecular weight excluding hydrogens is 442 g/mol. The second-order valence-corrected chi connectivity index (χ2v) is 9.97. The van der Waals surface area contributed by atoms with Gasteiger partial charge in [0.05, 0.1) is 12.1 Å². The highest BCUT2D eigenvalue weighted by atomic mass is 16.5. The molecule has 1 amide bonds. The van der Waals surface area contributed by atoms with E-state index in [1.54, 1.807) is 0 Å². The Hall–Kier alpha value is -2.93. The topological polar surface area (TPSA) is 83.0 Å². The molecule has 4 rings (SSSR count). The van der Waals surface area contributed by atoms with Crippen LogP contribution in [0.1, 0.15) is 56.2 Å². The zero-order chi connectivity index (χ0) is 24.5. The van der Waals surface area contributed by atoms with Crippen molar-refractivity contribution in [1.29, 1.82) is 0 Å². The molecule has 0 radical (unpaired) electrons. The summed E-state index contributed by atoms with van der Waals surface area (Å²) in [6, 6.07) is 14.4. The summed E-state index contributed by atoms with van der Waals surface area (Å²) < 4.78 is 6.24. The number of carboxylic acid groups (broad SMARTS) is 1. The third-order valence-corrected chi connectivity index (χ3v) is 7.44. The van der Waals surface area contributed by atoms with E-state index in [1.165, 1.54) is 5.56 Å². The second-order valence-electron chi connectivity index (χ2n) is 9.97. The van der Waals surface area contributed by atoms with Crippen LogP contribution in [0, 0.1) is 5.41 Å². The van der Waals surface area contributed by atoms with Crippen molar-refractivity contribution in [3.63, 3.8) is 0 Å². The number of ether oxygens (including phenoxy) is 1. The molecule has 0 atom stereocenters. The number of aryl methyl sites for hydroxylation is 1. The average Bonchev–Trinajstić information content (AvgIpc) is 2.86. The van der Waals surface area contributed by atoms with Crippen molar-refractivity contribution < 1.29 is 19.4 Å². The minimum atomic E-state index is -0.917. The Morgan fingerprint density at radius 2 is 1.77 bits per heavy atom. The van der Waals surface area contributed by atoms with Crippen LogP contribution in [-0.2, 0) is 22.6 Å². The number of carbonyl (C=O) groups excluding carboxylic acids is 1. The standard InChI is InChI=1S/C28H37N3O4/c32-26(11-12-27(33)34)31-17-14-28(15-18-31)13-5-3-8-23-7-1-2-10-25(23)35-20-19-30(22-28)21-24-9-4-6-16-29-24/h1-2,4,6-7,9-10,16H,3,5,8,11-15,17-22H2,(H,33,34). The van der Waals surface area contributed by atoms with Gasteiger partial charge >= 0.3 is 5.97 Å². The molecular formula is C28H37N3O4. The summed E-state index contributed by atoms with van der Waals surface area (Å²) in [5.74, 6) is 0.0413. The summed E-state index contributed by atoms with van der Waals surface area (Å²) in [4.78, 5) is 32.3. The van der Waals surface area contributed by atoms with Crippen molar-refractivity contribution in [1.82, 2.24) is 14.8 Å². The number of benzene rings is 1. The summed E-state index contributed by atoms with van der Waals surface area (Å²) in [7, 11) is 0. The number of carboxylic acids is 1. The van der Waals surface area contributed by atoms with Gasteiger partial charge in [-0.1, -0.05) is 30.7 Å². The Labute approximate surface area is 208 Å². The number of piperidine rings is 1. The molecule has 1 saturated heterocycles. The number of para-hydroxylation sites is 1. The molecule has 3 heterocycles. The van der Waals surface area contributed by atoms with E-state index in [0.717, 1.165) is 69.6 Å². The third kappa shape index (κ3) is 7.28. The molecule has 1 aromatic heterocycles. The average molecular weight is 480 g/mol. The van der Waals surface area contributed by atoms with Crippen LogP contribution in [0.2, 0.25) is 0 Å². The zero-order valence-electron chi connectivity index (χ0n) is 20.5. The molecule has 0 saturated carbocycles. The number of likely N-dealkylation sites (tertiary alicyclic amines) is 1. The molecule has 2 aromatic rings. The number of pyridine rings is 1. The van der Waals surface area contributed by atoms with Crippen LogP contribution in [0.15, 0.2) is 48.7 Å². The number of amides is 1. The maximum atomic E-state index is 12.5. The Morgan fingerprint density at radius 3 is 2.54 bits per heavy atom. The van der Waals surface area contributed by atoms with Crippen LogP contribution < -0.4 is 4.74 Å². The lowest BCUT2D eigenvalue weighted by Crippen LogP contribution is -2.48. The first-order valence-electron chi connectivity index (χ1n) is 12.9. The minimum absolute atomic E-state index is 0.0363. The summed E-state index contributed by atoms with van der Waals surface area (Å²) in [6.45, 7) is 4.57. The molecule has 188 valence electrons. The van der Waals surface area contributed by atoms with Gasteiger partial charge in [0, 0.05) is 45.3 Å². The maximum Gasteiger partial charge on any atom is 0.303 e. The molecule has 7 nitrogen and oxygen atoms in total. The quantitative estimate of drug-likeness (QED) is 0.693. The van der Waals surface area contributed by atoms with Crippen molar-refractivity contribution >= 4 is 11.9 Å². The van der Waals surface area contributed by atoms with E-state index < -0.39 is 5.97 Å². The van der Waals surface area contributed by atoms with Gasteiger partial charge in [0.1, 0.15) is 12.4 Å². The summed E-state index contributed by atoms with van der Waals surface area (Å²) in [6.07, 6.45) is 8.13. The van der Waals surface area contributed by atoms with E-state index in [2.05, 4.69) is 34.1 Å². The highest BCUT2D eigenvalue weighted by Gasteiger charge is 2.37. The lowest BCUT2D eigenvalue weighted by Gasteiger charge is -2.45. The van der Waals surface area contributed by atoms with E-state index in [9.17, 15) is 9.59 Å². The predicted molar refractivity (Wildman–Crippen MR) is 134 cm³/mol. The van der Waals surface area contributed by atoms with Gasteiger partial charge in [-0.15, -0.1) is 0 Å². The van der Waals surface area contributed by atoms with Crippen molar-refractivity contribution in [2.24, 2.45) is 5.41 Å². The Bertz CT molecular complexity index is 973. The van der Waals surface area contributed by atoms with Gasteiger partial charge in [-0.05, 0) is 61.3 Å². The number of fused-ring (bicyclic) bond motifs is 1. The van der Waals surface area contributed by atoms with Crippen LogP contribution in [0.5, 0.6) is 5.75 Å². The fraction of sp³-hybridized carbons (Fsp3) is 0.536. The van der Waals surface area contributed by atoms with E-state index in [-0.39, 0.29) is 24.2 Å². The fourth-order valence-electron chi connectivity index (χ4n) is 5.45. The first kappa shape index (κ1) is 25.2. The highest BCUT2D eigenvalue weighted by Crippen LogP contribution is 2.39. The molecule has 1 fully saturated rings. The number of nitrogens with zero attached hydrogens (tertiary/aromatic N) is 3. The number of rotatable bonds is 5.